The van der Waals surface area contributed by atoms with Crippen molar-refractivity contribution < 1.29 is 4.52 Å². The summed E-state index contributed by atoms with van der Waals surface area (Å²) in [6, 6.07) is 2.20. The molecule has 0 atom stereocenters. The largest absolute Gasteiger partial charge is 0.333 e. The highest BCUT2D eigenvalue weighted by Gasteiger charge is 2.18. The SMILES string of the molecule is c1n[nH]c(-c2noc(-c3cc4c(s3)CCCCC4)n2)n1. The van der Waals surface area contributed by atoms with E-state index in [9.17, 15) is 0 Å². The predicted octanol–water partition coefficient (Wildman–Crippen LogP) is 2.85. The lowest BCUT2D eigenvalue weighted by Gasteiger charge is -1.92. The number of aromatic nitrogens is 5. The molecule has 0 unspecified atom stereocenters. The third-order valence-electron chi connectivity index (χ3n) is 3.51. The Morgan fingerprint density at radius 1 is 1.20 bits per heavy atom. The van der Waals surface area contributed by atoms with E-state index in [1.807, 2.05) is 0 Å². The maximum atomic E-state index is 5.35. The van der Waals surface area contributed by atoms with Gasteiger partial charge in [0.25, 0.3) is 5.89 Å². The Hall–Kier alpha value is -2.02. The second kappa shape index (κ2) is 4.82. The van der Waals surface area contributed by atoms with Gasteiger partial charge in [-0.3, -0.25) is 5.10 Å². The number of hydrogen-bond acceptors (Lipinski definition) is 6. The lowest BCUT2D eigenvalue weighted by molar-refractivity contribution is 0.433. The van der Waals surface area contributed by atoms with Crippen molar-refractivity contribution in [3.05, 3.63) is 22.8 Å². The van der Waals surface area contributed by atoms with Gasteiger partial charge in [0, 0.05) is 4.88 Å². The van der Waals surface area contributed by atoms with Crippen LogP contribution in [0.5, 0.6) is 0 Å². The molecule has 1 aliphatic rings. The van der Waals surface area contributed by atoms with E-state index in [2.05, 4.69) is 31.4 Å². The molecule has 4 rings (SSSR count). The zero-order chi connectivity index (χ0) is 13.4. The van der Waals surface area contributed by atoms with Crippen LogP contribution in [0.4, 0.5) is 0 Å². The minimum Gasteiger partial charge on any atom is -0.333 e. The number of thiophene rings is 1. The molecule has 0 spiro atoms. The van der Waals surface area contributed by atoms with Crippen molar-refractivity contribution in [3.63, 3.8) is 0 Å². The number of aryl methyl sites for hydroxylation is 2. The molecule has 6 nitrogen and oxygen atoms in total. The average Bonchev–Trinajstić information content (AvgIpc) is 3.16. The molecule has 0 saturated carbocycles. The highest BCUT2D eigenvalue weighted by molar-refractivity contribution is 7.15. The number of hydrogen-bond donors (Lipinski definition) is 1. The highest BCUT2D eigenvalue weighted by Crippen LogP contribution is 2.34. The smallest absolute Gasteiger partial charge is 0.268 e. The molecule has 3 heterocycles. The number of fused-ring (bicyclic) bond motifs is 1. The Bertz CT molecular complexity index is 692. The molecule has 102 valence electrons. The molecule has 3 aromatic rings. The molecule has 0 bridgehead atoms. The Morgan fingerprint density at radius 3 is 3.05 bits per heavy atom. The van der Waals surface area contributed by atoms with Gasteiger partial charge in [-0.05, 0) is 37.3 Å². The maximum Gasteiger partial charge on any atom is 0.268 e. The average molecular weight is 287 g/mol. The molecule has 0 aliphatic heterocycles. The van der Waals surface area contributed by atoms with Crippen LogP contribution in [0.1, 0.15) is 29.7 Å². The monoisotopic (exact) mass is 287 g/mol. The first-order chi connectivity index (χ1) is 9.90. The van der Waals surface area contributed by atoms with Gasteiger partial charge in [0.1, 0.15) is 6.33 Å². The molecule has 7 heteroatoms. The van der Waals surface area contributed by atoms with Gasteiger partial charge < -0.3 is 4.52 Å². The van der Waals surface area contributed by atoms with Crippen LogP contribution in [0.25, 0.3) is 22.4 Å². The predicted molar refractivity (Wildman–Crippen MR) is 74.2 cm³/mol. The summed E-state index contributed by atoms with van der Waals surface area (Å²) in [5.74, 6) is 1.54. The molecule has 0 amide bonds. The summed E-state index contributed by atoms with van der Waals surface area (Å²) in [7, 11) is 0. The van der Waals surface area contributed by atoms with Crippen molar-refractivity contribution in [1.29, 1.82) is 0 Å². The molecular weight excluding hydrogens is 274 g/mol. The molecule has 0 aromatic carbocycles. The van der Waals surface area contributed by atoms with Gasteiger partial charge in [-0.1, -0.05) is 11.6 Å². The fourth-order valence-electron chi connectivity index (χ4n) is 2.51. The van der Waals surface area contributed by atoms with Crippen molar-refractivity contribution in [3.8, 4) is 22.4 Å². The zero-order valence-electron chi connectivity index (χ0n) is 10.8. The topological polar surface area (TPSA) is 80.5 Å². The summed E-state index contributed by atoms with van der Waals surface area (Å²) in [6.45, 7) is 0. The third kappa shape index (κ3) is 2.03. The summed E-state index contributed by atoms with van der Waals surface area (Å²) in [6.07, 6.45) is 7.64. The molecule has 0 fully saturated rings. The lowest BCUT2D eigenvalue weighted by Crippen LogP contribution is -1.83. The van der Waals surface area contributed by atoms with Crippen LogP contribution in [0.3, 0.4) is 0 Å². The highest BCUT2D eigenvalue weighted by atomic mass is 32.1. The van der Waals surface area contributed by atoms with E-state index < -0.39 is 0 Å². The van der Waals surface area contributed by atoms with E-state index in [1.165, 1.54) is 42.5 Å². The van der Waals surface area contributed by atoms with E-state index in [1.54, 1.807) is 11.3 Å². The third-order valence-corrected chi connectivity index (χ3v) is 4.74. The molecule has 20 heavy (non-hydrogen) atoms. The number of nitrogens with one attached hydrogen (secondary N) is 1. The number of aromatic amines is 1. The first-order valence-corrected chi connectivity index (χ1v) is 7.53. The molecule has 0 radical (unpaired) electrons. The van der Waals surface area contributed by atoms with Gasteiger partial charge in [0.05, 0.1) is 4.88 Å². The van der Waals surface area contributed by atoms with Gasteiger partial charge in [-0.15, -0.1) is 11.3 Å². The van der Waals surface area contributed by atoms with Crippen molar-refractivity contribution in [2.75, 3.05) is 0 Å². The Kier molecular flexibility index (Phi) is 2.84. The van der Waals surface area contributed by atoms with Crippen LogP contribution in [-0.4, -0.2) is 25.3 Å². The van der Waals surface area contributed by atoms with Crippen molar-refractivity contribution in [2.24, 2.45) is 0 Å². The van der Waals surface area contributed by atoms with Crippen molar-refractivity contribution in [2.45, 2.75) is 32.1 Å². The Labute approximate surface area is 119 Å². The minimum absolute atomic E-state index is 0.445. The van der Waals surface area contributed by atoms with E-state index in [0.717, 1.165) is 11.3 Å². The van der Waals surface area contributed by atoms with Gasteiger partial charge in [-0.25, -0.2) is 4.98 Å². The van der Waals surface area contributed by atoms with Crippen molar-refractivity contribution in [1.82, 2.24) is 25.3 Å². The first-order valence-electron chi connectivity index (χ1n) is 6.71. The van der Waals surface area contributed by atoms with E-state index in [0.29, 0.717) is 17.5 Å². The van der Waals surface area contributed by atoms with Crippen LogP contribution in [0, 0.1) is 0 Å². The van der Waals surface area contributed by atoms with Crippen LogP contribution in [0.2, 0.25) is 0 Å². The van der Waals surface area contributed by atoms with Crippen molar-refractivity contribution >= 4 is 11.3 Å². The quantitative estimate of drug-likeness (QED) is 0.733. The maximum absolute atomic E-state index is 5.35. The van der Waals surface area contributed by atoms with E-state index in [4.69, 9.17) is 4.52 Å². The summed E-state index contributed by atoms with van der Waals surface area (Å²) in [5.41, 5.74) is 1.45. The second-order valence-corrected chi connectivity index (χ2v) is 6.01. The summed E-state index contributed by atoms with van der Waals surface area (Å²) in [4.78, 5) is 10.9. The first kappa shape index (κ1) is 11.8. The standard InChI is InChI=1S/C13H13N5OS/c1-2-4-8-6-10(20-9(8)5-3-1)13-16-12(18-19-13)11-14-7-15-17-11/h6-7H,1-5H2,(H,14,15,17). The van der Waals surface area contributed by atoms with Crippen LogP contribution < -0.4 is 0 Å². The van der Waals surface area contributed by atoms with E-state index in [-0.39, 0.29) is 0 Å². The van der Waals surface area contributed by atoms with Gasteiger partial charge in [0.2, 0.25) is 5.82 Å². The summed E-state index contributed by atoms with van der Waals surface area (Å²) in [5, 5.41) is 10.5. The van der Waals surface area contributed by atoms with Gasteiger partial charge in [0.15, 0.2) is 5.82 Å². The van der Waals surface area contributed by atoms with E-state index >= 15 is 0 Å². The molecule has 1 aliphatic carbocycles. The van der Waals surface area contributed by atoms with Crippen LogP contribution >= 0.6 is 11.3 Å². The van der Waals surface area contributed by atoms with Crippen LogP contribution in [-0.2, 0) is 12.8 Å². The summed E-state index contributed by atoms with van der Waals surface area (Å²) >= 11 is 1.77. The fourth-order valence-corrected chi connectivity index (χ4v) is 3.68. The zero-order valence-corrected chi connectivity index (χ0v) is 11.6. The Morgan fingerprint density at radius 2 is 2.15 bits per heavy atom. The second-order valence-electron chi connectivity index (χ2n) is 4.88. The molecule has 1 N–H and O–H groups in total. The minimum atomic E-state index is 0.445. The summed E-state index contributed by atoms with van der Waals surface area (Å²) < 4.78 is 5.35. The number of rotatable bonds is 2. The number of nitrogens with zero attached hydrogens (tertiary/aromatic N) is 4. The fraction of sp³-hybridized carbons (Fsp3) is 0.385. The lowest BCUT2D eigenvalue weighted by atomic mass is 10.1. The molecule has 0 saturated heterocycles. The van der Waals surface area contributed by atoms with Crippen LogP contribution in [0.15, 0.2) is 16.9 Å². The molecule has 3 aromatic heterocycles. The number of H-pyrrole nitrogens is 1. The normalized spacial score (nSPS) is 15.0. The Balaban J connectivity index is 1.68. The molecular formula is C13H13N5OS. The van der Waals surface area contributed by atoms with Gasteiger partial charge >= 0.3 is 0 Å². The van der Waals surface area contributed by atoms with Gasteiger partial charge in [-0.2, -0.15) is 10.1 Å².